The lowest BCUT2D eigenvalue weighted by atomic mass is 9.87. The van der Waals surface area contributed by atoms with Gasteiger partial charge in [0.1, 0.15) is 0 Å². The third-order valence-electron chi connectivity index (χ3n) is 9.18. The standard InChI is InChI=1S/C45H39N/c46-45(39-17-9-4-10-18-39)32-44(37-14-7-3-8-15-37)38-27-25-34(26-28-38)33-21-23-35(24-22-33)40-29-30-43-41(31-40)19-6-2-1-5-13-36-16-11-12-20-42(36)43/h1-9,11-12,14-17,20-32,44H,10,13,18-19,46H2/b5-1-,6-2-,45-32-. The van der Waals surface area contributed by atoms with Gasteiger partial charge in [-0.15, -0.1) is 0 Å². The molecule has 0 saturated heterocycles. The Kier molecular flexibility index (Phi) is 8.74. The first-order valence-electron chi connectivity index (χ1n) is 16.3. The fraction of sp³-hybridized carbons (Fsp3) is 0.111. The molecule has 7 rings (SSSR count). The van der Waals surface area contributed by atoms with Gasteiger partial charge in [0.2, 0.25) is 0 Å². The first kappa shape index (κ1) is 29.3. The number of hydrogen-bond donors (Lipinski definition) is 1. The molecule has 0 amide bonds. The zero-order valence-corrected chi connectivity index (χ0v) is 26.1. The third kappa shape index (κ3) is 6.50. The Labute approximate surface area is 273 Å². The number of nitrogens with two attached hydrogens (primary N) is 1. The monoisotopic (exact) mass is 593 g/mol. The zero-order valence-electron chi connectivity index (χ0n) is 26.1. The van der Waals surface area contributed by atoms with Crippen molar-refractivity contribution in [1.29, 1.82) is 0 Å². The molecule has 1 atom stereocenters. The maximum absolute atomic E-state index is 6.65. The Morgan fingerprint density at radius 3 is 1.85 bits per heavy atom. The minimum atomic E-state index is 0.0912. The molecule has 224 valence electrons. The van der Waals surface area contributed by atoms with E-state index < -0.39 is 0 Å². The van der Waals surface area contributed by atoms with Crippen molar-refractivity contribution in [3.05, 3.63) is 203 Å². The fourth-order valence-corrected chi connectivity index (χ4v) is 6.63. The second-order valence-electron chi connectivity index (χ2n) is 12.2. The first-order chi connectivity index (χ1) is 22.7. The minimum absolute atomic E-state index is 0.0912. The second kappa shape index (κ2) is 13.7. The van der Waals surface area contributed by atoms with Crippen molar-refractivity contribution >= 4 is 0 Å². The van der Waals surface area contributed by atoms with Crippen molar-refractivity contribution in [1.82, 2.24) is 0 Å². The molecule has 46 heavy (non-hydrogen) atoms. The van der Waals surface area contributed by atoms with E-state index >= 15 is 0 Å². The molecule has 1 unspecified atom stereocenters. The van der Waals surface area contributed by atoms with E-state index in [0.717, 1.165) is 31.4 Å². The van der Waals surface area contributed by atoms with Crippen molar-refractivity contribution in [3.8, 4) is 33.4 Å². The Hall–Kier alpha value is -5.40. The van der Waals surface area contributed by atoms with Crippen LogP contribution in [0.2, 0.25) is 0 Å². The molecular weight excluding hydrogens is 555 g/mol. The van der Waals surface area contributed by atoms with Crippen molar-refractivity contribution in [3.63, 3.8) is 0 Å². The van der Waals surface area contributed by atoms with Gasteiger partial charge >= 0.3 is 0 Å². The molecule has 2 N–H and O–H groups in total. The zero-order chi connectivity index (χ0) is 31.1. The summed E-state index contributed by atoms with van der Waals surface area (Å²) in [6.07, 6.45) is 21.4. The summed E-state index contributed by atoms with van der Waals surface area (Å²) in [5, 5.41) is 0. The molecular formula is C45H39N. The van der Waals surface area contributed by atoms with Gasteiger partial charge in [0.05, 0.1) is 0 Å². The molecule has 1 nitrogen and oxygen atoms in total. The van der Waals surface area contributed by atoms with Crippen LogP contribution in [-0.2, 0) is 12.8 Å². The molecule has 1 heteroatoms. The minimum Gasteiger partial charge on any atom is -0.399 e. The van der Waals surface area contributed by atoms with E-state index in [0.29, 0.717) is 0 Å². The summed E-state index contributed by atoms with van der Waals surface area (Å²) in [5.74, 6) is 0.0912. The van der Waals surface area contributed by atoms with Gasteiger partial charge in [-0.05, 0) is 93.0 Å². The predicted molar refractivity (Wildman–Crippen MR) is 195 cm³/mol. The summed E-state index contributed by atoms with van der Waals surface area (Å²) >= 11 is 0. The van der Waals surface area contributed by atoms with Gasteiger partial charge in [-0.25, -0.2) is 0 Å². The Bertz CT molecular complexity index is 1970. The maximum atomic E-state index is 6.65. The van der Waals surface area contributed by atoms with Gasteiger partial charge in [0.15, 0.2) is 0 Å². The lowest BCUT2D eigenvalue weighted by molar-refractivity contribution is 0.939. The highest BCUT2D eigenvalue weighted by molar-refractivity contribution is 5.77. The van der Waals surface area contributed by atoms with Gasteiger partial charge < -0.3 is 5.73 Å². The first-order valence-corrected chi connectivity index (χ1v) is 16.3. The number of allylic oxidation sites excluding steroid dienone is 9. The van der Waals surface area contributed by atoms with Gasteiger partial charge in [-0.1, -0.05) is 164 Å². The molecule has 5 aromatic rings. The molecule has 0 aliphatic heterocycles. The number of hydrogen-bond acceptors (Lipinski definition) is 1. The van der Waals surface area contributed by atoms with Crippen LogP contribution < -0.4 is 5.73 Å². The van der Waals surface area contributed by atoms with Crippen LogP contribution in [0.15, 0.2) is 181 Å². The predicted octanol–water partition coefficient (Wildman–Crippen LogP) is 11.1. The Morgan fingerprint density at radius 1 is 0.543 bits per heavy atom. The highest BCUT2D eigenvalue weighted by atomic mass is 14.6. The van der Waals surface area contributed by atoms with Gasteiger partial charge in [-0.2, -0.15) is 0 Å². The summed E-state index contributed by atoms with van der Waals surface area (Å²) < 4.78 is 0. The molecule has 0 spiro atoms. The summed E-state index contributed by atoms with van der Waals surface area (Å²) in [7, 11) is 0. The lowest BCUT2D eigenvalue weighted by Crippen LogP contribution is -2.07. The fourth-order valence-electron chi connectivity index (χ4n) is 6.63. The van der Waals surface area contributed by atoms with E-state index in [1.54, 1.807) is 0 Å². The van der Waals surface area contributed by atoms with Crippen LogP contribution >= 0.6 is 0 Å². The largest absolute Gasteiger partial charge is 0.399 e. The van der Waals surface area contributed by atoms with E-state index in [-0.39, 0.29) is 5.92 Å². The molecule has 0 bridgehead atoms. The van der Waals surface area contributed by atoms with Crippen LogP contribution in [0, 0.1) is 0 Å². The molecule has 0 heterocycles. The molecule has 0 saturated carbocycles. The summed E-state index contributed by atoms with van der Waals surface area (Å²) in [4.78, 5) is 0. The van der Waals surface area contributed by atoms with Crippen LogP contribution in [0.5, 0.6) is 0 Å². The van der Waals surface area contributed by atoms with Gasteiger partial charge in [0.25, 0.3) is 0 Å². The summed E-state index contributed by atoms with van der Waals surface area (Å²) in [6.45, 7) is 0. The van der Waals surface area contributed by atoms with Crippen LogP contribution in [0.1, 0.15) is 41.0 Å². The molecule has 2 aliphatic carbocycles. The molecule has 0 fully saturated rings. The molecule has 0 aromatic heterocycles. The van der Waals surface area contributed by atoms with Crippen LogP contribution in [-0.4, -0.2) is 0 Å². The maximum Gasteiger partial charge on any atom is 0.0315 e. The third-order valence-corrected chi connectivity index (χ3v) is 9.18. The second-order valence-corrected chi connectivity index (χ2v) is 12.2. The normalized spacial score (nSPS) is 16.4. The van der Waals surface area contributed by atoms with E-state index in [2.05, 4.69) is 170 Å². The smallest absolute Gasteiger partial charge is 0.0315 e. The Morgan fingerprint density at radius 2 is 1.13 bits per heavy atom. The van der Waals surface area contributed by atoms with Gasteiger partial charge in [0, 0.05) is 11.6 Å². The highest BCUT2D eigenvalue weighted by Gasteiger charge is 2.15. The van der Waals surface area contributed by atoms with Crippen LogP contribution in [0.4, 0.5) is 0 Å². The average molecular weight is 594 g/mol. The summed E-state index contributed by atoms with van der Waals surface area (Å²) in [6, 6.07) is 44.3. The number of benzene rings is 5. The Balaban J connectivity index is 1.15. The number of rotatable bonds is 6. The van der Waals surface area contributed by atoms with Crippen molar-refractivity contribution < 1.29 is 0 Å². The molecule has 0 radical (unpaired) electrons. The molecule has 5 aromatic carbocycles. The van der Waals surface area contributed by atoms with Crippen LogP contribution in [0.3, 0.4) is 0 Å². The average Bonchev–Trinajstić information content (AvgIpc) is 3.13. The topological polar surface area (TPSA) is 26.0 Å². The van der Waals surface area contributed by atoms with E-state index in [1.165, 1.54) is 61.2 Å². The quantitative estimate of drug-likeness (QED) is 0.208. The highest BCUT2D eigenvalue weighted by Crippen LogP contribution is 2.34. The van der Waals surface area contributed by atoms with Crippen LogP contribution in [0.25, 0.3) is 33.4 Å². The van der Waals surface area contributed by atoms with E-state index in [4.69, 9.17) is 5.73 Å². The van der Waals surface area contributed by atoms with E-state index in [9.17, 15) is 0 Å². The molecule has 2 aliphatic rings. The SMILES string of the molecule is N/C(=C\C(c1ccccc1)c1ccc(-c2ccc(-c3ccc4c(c3)C/C=C\C=C/Cc3ccccc3-4)cc2)cc1)C1=CC=CCC1. The lowest BCUT2D eigenvalue weighted by Gasteiger charge is -2.18. The van der Waals surface area contributed by atoms with Crippen molar-refractivity contribution in [2.45, 2.75) is 31.6 Å². The van der Waals surface area contributed by atoms with E-state index in [1.807, 2.05) is 0 Å². The van der Waals surface area contributed by atoms with Gasteiger partial charge in [-0.3, -0.25) is 0 Å². The van der Waals surface area contributed by atoms with Crippen molar-refractivity contribution in [2.24, 2.45) is 5.73 Å². The summed E-state index contributed by atoms with van der Waals surface area (Å²) in [5.41, 5.74) is 21.5. The van der Waals surface area contributed by atoms with Crippen molar-refractivity contribution in [2.75, 3.05) is 0 Å². The number of fused-ring (bicyclic) bond motifs is 3.